The van der Waals surface area contributed by atoms with E-state index in [9.17, 15) is 13.2 Å². The van der Waals surface area contributed by atoms with E-state index in [1.165, 1.54) is 0 Å². The fourth-order valence-electron chi connectivity index (χ4n) is 3.45. The monoisotopic (exact) mass is 456 g/mol. The molecule has 4 aromatic rings. The summed E-state index contributed by atoms with van der Waals surface area (Å²) < 4.78 is 27.9. The molecule has 0 spiro atoms. The molecule has 0 aliphatic heterocycles. The standard InChI is InChI=1S/C27H24N2O3S/c1-20-7-5-12-25(17-20)29-27(30)24-11-6-10-23(18-24)22-13-15-26(16-14-22)33(31,32)28-19-21-8-3-2-4-9-21/h2-18,28H,19H2,1H3,(H,29,30). The Morgan fingerprint density at radius 2 is 1.48 bits per heavy atom. The van der Waals surface area contributed by atoms with Crippen molar-refractivity contribution >= 4 is 21.6 Å². The first-order chi connectivity index (χ1) is 15.9. The van der Waals surface area contributed by atoms with E-state index in [1.807, 2.05) is 73.7 Å². The van der Waals surface area contributed by atoms with Crippen molar-refractivity contribution < 1.29 is 13.2 Å². The van der Waals surface area contributed by atoms with Crippen molar-refractivity contribution in [2.24, 2.45) is 0 Å². The number of amides is 1. The van der Waals surface area contributed by atoms with Crippen LogP contribution in [0.1, 0.15) is 21.5 Å². The SMILES string of the molecule is Cc1cccc(NC(=O)c2cccc(-c3ccc(S(=O)(=O)NCc4ccccc4)cc3)c2)c1. The van der Waals surface area contributed by atoms with Gasteiger partial charge in [0.15, 0.2) is 0 Å². The zero-order chi connectivity index (χ0) is 23.3. The lowest BCUT2D eigenvalue weighted by Gasteiger charge is -2.10. The van der Waals surface area contributed by atoms with Gasteiger partial charge in [-0.2, -0.15) is 0 Å². The third-order valence-electron chi connectivity index (χ3n) is 5.21. The van der Waals surface area contributed by atoms with Crippen LogP contribution in [-0.4, -0.2) is 14.3 Å². The molecule has 0 aliphatic rings. The van der Waals surface area contributed by atoms with E-state index in [4.69, 9.17) is 0 Å². The number of hydrogen-bond acceptors (Lipinski definition) is 3. The molecule has 6 heteroatoms. The summed E-state index contributed by atoms with van der Waals surface area (Å²) in [6.07, 6.45) is 0. The van der Waals surface area contributed by atoms with Crippen molar-refractivity contribution in [3.8, 4) is 11.1 Å². The Balaban J connectivity index is 1.48. The van der Waals surface area contributed by atoms with E-state index >= 15 is 0 Å². The summed E-state index contributed by atoms with van der Waals surface area (Å²) in [6, 6.07) is 30.9. The first-order valence-electron chi connectivity index (χ1n) is 10.5. The van der Waals surface area contributed by atoms with Crippen LogP contribution in [0.25, 0.3) is 11.1 Å². The average molecular weight is 457 g/mol. The molecule has 166 valence electrons. The summed E-state index contributed by atoms with van der Waals surface area (Å²) in [5, 5.41) is 2.91. The first-order valence-corrected chi connectivity index (χ1v) is 12.0. The van der Waals surface area contributed by atoms with Gasteiger partial charge in [-0.05, 0) is 65.6 Å². The quantitative estimate of drug-likeness (QED) is 0.391. The van der Waals surface area contributed by atoms with E-state index in [1.54, 1.807) is 36.4 Å². The maximum absolute atomic E-state index is 12.7. The highest BCUT2D eigenvalue weighted by molar-refractivity contribution is 7.89. The van der Waals surface area contributed by atoms with Crippen LogP contribution >= 0.6 is 0 Å². The van der Waals surface area contributed by atoms with Crippen molar-refractivity contribution in [2.75, 3.05) is 5.32 Å². The number of rotatable bonds is 7. The normalized spacial score (nSPS) is 11.2. The van der Waals surface area contributed by atoms with Gasteiger partial charge in [0.05, 0.1) is 4.90 Å². The Kier molecular flexibility index (Phi) is 6.68. The van der Waals surface area contributed by atoms with Crippen molar-refractivity contribution in [1.29, 1.82) is 0 Å². The Hall–Kier alpha value is -3.74. The van der Waals surface area contributed by atoms with Gasteiger partial charge in [-0.25, -0.2) is 13.1 Å². The molecule has 5 nitrogen and oxygen atoms in total. The molecule has 0 unspecified atom stereocenters. The largest absolute Gasteiger partial charge is 0.322 e. The Bertz CT molecular complexity index is 1370. The van der Waals surface area contributed by atoms with E-state index in [0.717, 1.165) is 27.9 Å². The fraction of sp³-hybridized carbons (Fsp3) is 0.0741. The second-order valence-corrected chi connectivity index (χ2v) is 9.51. The lowest BCUT2D eigenvalue weighted by molar-refractivity contribution is 0.102. The number of sulfonamides is 1. The number of nitrogens with one attached hydrogen (secondary N) is 2. The van der Waals surface area contributed by atoms with Crippen molar-refractivity contribution in [3.63, 3.8) is 0 Å². The van der Waals surface area contributed by atoms with Crippen molar-refractivity contribution in [2.45, 2.75) is 18.4 Å². The summed E-state index contributed by atoms with van der Waals surface area (Å²) in [6.45, 7) is 2.19. The number of anilines is 1. The topological polar surface area (TPSA) is 75.3 Å². The lowest BCUT2D eigenvalue weighted by atomic mass is 10.0. The molecule has 0 fully saturated rings. The van der Waals surface area contributed by atoms with Crippen LogP contribution in [0.2, 0.25) is 0 Å². The molecule has 0 saturated carbocycles. The van der Waals surface area contributed by atoms with Crippen molar-refractivity contribution in [3.05, 3.63) is 120 Å². The second-order valence-electron chi connectivity index (χ2n) is 7.74. The zero-order valence-corrected chi connectivity index (χ0v) is 19.0. The van der Waals surface area contributed by atoms with Gasteiger partial charge in [0.2, 0.25) is 10.0 Å². The molecule has 0 saturated heterocycles. The van der Waals surface area contributed by atoms with Crippen LogP contribution in [-0.2, 0) is 16.6 Å². The molecule has 4 aromatic carbocycles. The molecule has 0 aromatic heterocycles. The number of carbonyl (C=O) groups is 1. The molecule has 0 bridgehead atoms. The van der Waals surface area contributed by atoms with E-state index < -0.39 is 10.0 Å². The molecular weight excluding hydrogens is 432 g/mol. The highest BCUT2D eigenvalue weighted by atomic mass is 32.2. The molecule has 4 rings (SSSR count). The van der Waals surface area contributed by atoms with Crippen LogP contribution in [0, 0.1) is 6.92 Å². The van der Waals surface area contributed by atoms with Gasteiger partial charge >= 0.3 is 0 Å². The molecule has 2 N–H and O–H groups in total. The summed E-state index contributed by atoms with van der Waals surface area (Å²) in [5.74, 6) is -0.202. The zero-order valence-electron chi connectivity index (χ0n) is 18.2. The molecular formula is C27H24N2O3S. The van der Waals surface area contributed by atoms with Crippen LogP contribution in [0.3, 0.4) is 0 Å². The minimum absolute atomic E-state index is 0.190. The maximum atomic E-state index is 12.7. The second kappa shape index (κ2) is 9.81. The van der Waals surface area contributed by atoms with Crippen LogP contribution < -0.4 is 10.0 Å². The third-order valence-corrected chi connectivity index (χ3v) is 6.62. The average Bonchev–Trinajstić information content (AvgIpc) is 2.84. The van der Waals surface area contributed by atoms with Gasteiger partial charge in [0, 0.05) is 17.8 Å². The smallest absolute Gasteiger partial charge is 0.255 e. The number of benzene rings is 4. The number of carbonyl (C=O) groups excluding carboxylic acids is 1. The highest BCUT2D eigenvalue weighted by Crippen LogP contribution is 2.23. The molecule has 33 heavy (non-hydrogen) atoms. The minimum Gasteiger partial charge on any atom is -0.322 e. The Morgan fingerprint density at radius 3 is 2.21 bits per heavy atom. The minimum atomic E-state index is -3.63. The molecule has 0 radical (unpaired) electrons. The van der Waals surface area contributed by atoms with E-state index in [-0.39, 0.29) is 17.3 Å². The van der Waals surface area contributed by atoms with E-state index in [2.05, 4.69) is 10.0 Å². The fourth-order valence-corrected chi connectivity index (χ4v) is 4.47. The van der Waals surface area contributed by atoms with Gasteiger partial charge in [-0.15, -0.1) is 0 Å². The number of hydrogen-bond donors (Lipinski definition) is 2. The van der Waals surface area contributed by atoms with Crippen LogP contribution in [0.15, 0.2) is 108 Å². The summed E-state index contributed by atoms with van der Waals surface area (Å²) in [5.41, 5.74) is 4.86. The molecule has 0 aliphatic carbocycles. The predicted octanol–water partition coefficient (Wildman–Crippen LogP) is 5.39. The molecule has 0 heterocycles. The van der Waals surface area contributed by atoms with Crippen molar-refractivity contribution in [1.82, 2.24) is 4.72 Å². The van der Waals surface area contributed by atoms with Gasteiger partial charge in [0.25, 0.3) is 5.91 Å². The highest BCUT2D eigenvalue weighted by Gasteiger charge is 2.14. The lowest BCUT2D eigenvalue weighted by Crippen LogP contribution is -2.23. The summed E-state index contributed by atoms with van der Waals surface area (Å²) in [7, 11) is -3.63. The van der Waals surface area contributed by atoms with Gasteiger partial charge in [0.1, 0.15) is 0 Å². The van der Waals surface area contributed by atoms with Gasteiger partial charge in [-0.3, -0.25) is 4.79 Å². The Morgan fingerprint density at radius 1 is 0.758 bits per heavy atom. The molecule has 1 amide bonds. The van der Waals surface area contributed by atoms with Crippen LogP contribution in [0.4, 0.5) is 5.69 Å². The van der Waals surface area contributed by atoms with Crippen LogP contribution in [0.5, 0.6) is 0 Å². The maximum Gasteiger partial charge on any atom is 0.255 e. The van der Waals surface area contributed by atoms with Gasteiger partial charge < -0.3 is 5.32 Å². The summed E-state index contributed by atoms with van der Waals surface area (Å²) in [4.78, 5) is 12.9. The van der Waals surface area contributed by atoms with Gasteiger partial charge in [-0.1, -0.05) is 66.7 Å². The molecule has 0 atom stereocenters. The first kappa shape index (κ1) is 22.5. The predicted molar refractivity (Wildman–Crippen MR) is 131 cm³/mol. The Labute approximate surface area is 194 Å². The third kappa shape index (κ3) is 5.74. The van der Waals surface area contributed by atoms with E-state index in [0.29, 0.717) is 5.56 Å². The summed E-state index contributed by atoms with van der Waals surface area (Å²) >= 11 is 0. The number of aryl methyl sites for hydroxylation is 1.